The molecule has 5 heteroatoms. The van der Waals surface area contributed by atoms with Gasteiger partial charge in [0.1, 0.15) is 6.26 Å². The number of halogens is 1. The lowest BCUT2D eigenvalue weighted by Crippen LogP contribution is -1.95. The molecule has 0 saturated heterocycles. The Bertz CT molecular complexity index is 507. The summed E-state index contributed by atoms with van der Waals surface area (Å²) in [4.78, 5) is 14.5. The maximum absolute atomic E-state index is 10.6. The van der Waals surface area contributed by atoms with E-state index in [4.69, 9.17) is 9.52 Å². The van der Waals surface area contributed by atoms with Gasteiger partial charge in [0.25, 0.3) is 0 Å². The van der Waals surface area contributed by atoms with E-state index in [1.54, 1.807) is 0 Å². The summed E-state index contributed by atoms with van der Waals surface area (Å²) in [6.45, 7) is 0. The number of aromatic carboxylic acids is 1. The molecular weight excluding hydrogens is 309 g/mol. The highest BCUT2D eigenvalue weighted by molar-refractivity contribution is 14.1. The largest absolute Gasteiger partial charge is 0.476 e. The third kappa shape index (κ3) is 2.01. The van der Waals surface area contributed by atoms with Crippen molar-refractivity contribution in [1.82, 2.24) is 4.98 Å². The summed E-state index contributed by atoms with van der Waals surface area (Å²) in [5, 5.41) is 8.69. The minimum absolute atomic E-state index is 0.0790. The number of carboxylic acids is 1. The van der Waals surface area contributed by atoms with Gasteiger partial charge in [0.05, 0.1) is 5.56 Å². The fourth-order valence-electron chi connectivity index (χ4n) is 1.13. The normalized spacial score (nSPS) is 10.2. The molecule has 15 heavy (non-hydrogen) atoms. The lowest BCUT2D eigenvalue weighted by molar-refractivity contribution is 0.0690. The van der Waals surface area contributed by atoms with Crippen LogP contribution in [0.25, 0.3) is 11.5 Å². The summed E-state index contributed by atoms with van der Waals surface area (Å²) >= 11 is 2.14. The van der Waals surface area contributed by atoms with Crippen molar-refractivity contribution in [1.29, 1.82) is 0 Å². The zero-order valence-electron chi connectivity index (χ0n) is 7.48. The van der Waals surface area contributed by atoms with Crippen LogP contribution in [0.4, 0.5) is 0 Å². The Kier molecular flexibility index (Phi) is 2.72. The quantitative estimate of drug-likeness (QED) is 0.866. The maximum atomic E-state index is 10.6. The first-order chi connectivity index (χ1) is 7.18. The van der Waals surface area contributed by atoms with Gasteiger partial charge in [-0.2, -0.15) is 0 Å². The maximum Gasteiger partial charge on any atom is 0.357 e. The van der Waals surface area contributed by atoms with Crippen LogP contribution in [-0.4, -0.2) is 16.1 Å². The van der Waals surface area contributed by atoms with Gasteiger partial charge in [-0.05, 0) is 34.7 Å². The average Bonchev–Trinajstić information content (AvgIpc) is 2.67. The number of carboxylic acid groups (broad SMARTS) is 1. The molecule has 2 rings (SSSR count). The fourth-order valence-corrected chi connectivity index (χ4v) is 1.75. The SMILES string of the molecule is O=C(O)c1coc(-c2ccccc2I)n1. The smallest absolute Gasteiger partial charge is 0.357 e. The molecule has 0 saturated carbocycles. The summed E-state index contributed by atoms with van der Waals surface area (Å²) < 4.78 is 6.06. The van der Waals surface area contributed by atoms with Crippen LogP contribution in [0.2, 0.25) is 0 Å². The van der Waals surface area contributed by atoms with E-state index in [9.17, 15) is 4.79 Å². The molecule has 0 aliphatic heterocycles. The molecule has 0 aliphatic carbocycles. The molecule has 2 aromatic rings. The third-order valence-electron chi connectivity index (χ3n) is 1.83. The minimum Gasteiger partial charge on any atom is -0.476 e. The predicted octanol–water partition coefficient (Wildman–Crippen LogP) is 2.64. The lowest BCUT2D eigenvalue weighted by atomic mass is 10.2. The van der Waals surface area contributed by atoms with Crippen molar-refractivity contribution in [2.75, 3.05) is 0 Å². The van der Waals surface area contributed by atoms with Crippen LogP contribution in [0.5, 0.6) is 0 Å². The van der Waals surface area contributed by atoms with E-state index in [1.165, 1.54) is 0 Å². The van der Waals surface area contributed by atoms with E-state index in [0.717, 1.165) is 15.4 Å². The molecule has 4 nitrogen and oxygen atoms in total. The number of nitrogens with zero attached hydrogens (tertiary/aromatic N) is 1. The average molecular weight is 315 g/mol. The number of carbonyl (C=O) groups is 1. The van der Waals surface area contributed by atoms with Gasteiger partial charge >= 0.3 is 5.97 Å². The number of benzene rings is 1. The molecule has 0 radical (unpaired) electrons. The Labute approximate surface area is 99.1 Å². The molecular formula is C10H6INO3. The summed E-state index contributed by atoms with van der Waals surface area (Å²) in [5.74, 6) is -0.756. The molecule has 1 heterocycles. The van der Waals surface area contributed by atoms with Crippen LogP contribution in [-0.2, 0) is 0 Å². The lowest BCUT2D eigenvalue weighted by Gasteiger charge is -1.97. The molecule has 0 amide bonds. The van der Waals surface area contributed by atoms with Gasteiger partial charge in [-0.15, -0.1) is 0 Å². The monoisotopic (exact) mass is 315 g/mol. The van der Waals surface area contributed by atoms with Crippen LogP contribution >= 0.6 is 22.6 Å². The first kappa shape index (κ1) is 10.2. The molecule has 0 unspecified atom stereocenters. The number of rotatable bonds is 2. The number of aromatic nitrogens is 1. The second-order valence-corrected chi connectivity index (χ2v) is 3.99. The highest BCUT2D eigenvalue weighted by Crippen LogP contribution is 2.23. The summed E-state index contributed by atoms with van der Waals surface area (Å²) in [5.41, 5.74) is 0.718. The van der Waals surface area contributed by atoms with Crippen molar-refractivity contribution in [2.45, 2.75) is 0 Å². The molecule has 0 aliphatic rings. The Morgan fingerprint density at radius 1 is 1.40 bits per heavy atom. The number of oxazole rings is 1. The van der Waals surface area contributed by atoms with E-state index in [-0.39, 0.29) is 5.69 Å². The highest BCUT2D eigenvalue weighted by Gasteiger charge is 2.13. The van der Waals surface area contributed by atoms with Crippen molar-refractivity contribution < 1.29 is 14.3 Å². The second-order valence-electron chi connectivity index (χ2n) is 2.82. The van der Waals surface area contributed by atoms with Gasteiger partial charge in [-0.3, -0.25) is 0 Å². The summed E-state index contributed by atoms with van der Waals surface area (Å²) in [7, 11) is 0. The van der Waals surface area contributed by atoms with Gasteiger partial charge in [-0.1, -0.05) is 12.1 Å². The molecule has 1 N–H and O–H groups in total. The zero-order chi connectivity index (χ0) is 10.8. The van der Waals surface area contributed by atoms with Crippen LogP contribution in [0.1, 0.15) is 10.5 Å². The van der Waals surface area contributed by atoms with Crippen molar-refractivity contribution >= 4 is 28.6 Å². The van der Waals surface area contributed by atoms with Gasteiger partial charge < -0.3 is 9.52 Å². The molecule has 0 spiro atoms. The van der Waals surface area contributed by atoms with E-state index in [2.05, 4.69) is 27.6 Å². The topological polar surface area (TPSA) is 63.3 Å². The van der Waals surface area contributed by atoms with Crippen molar-refractivity contribution in [3.8, 4) is 11.5 Å². The van der Waals surface area contributed by atoms with Gasteiger partial charge in [-0.25, -0.2) is 9.78 Å². The van der Waals surface area contributed by atoms with E-state index in [0.29, 0.717) is 5.89 Å². The van der Waals surface area contributed by atoms with Crippen LogP contribution in [0, 0.1) is 3.57 Å². The number of hydrogen-bond donors (Lipinski definition) is 1. The zero-order valence-corrected chi connectivity index (χ0v) is 9.63. The Morgan fingerprint density at radius 2 is 2.13 bits per heavy atom. The summed E-state index contributed by atoms with van der Waals surface area (Å²) in [6, 6.07) is 7.48. The molecule has 1 aromatic heterocycles. The van der Waals surface area contributed by atoms with E-state index in [1.807, 2.05) is 24.3 Å². The van der Waals surface area contributed by atoms with Crippen molar-refractivity contribution in [2.24, 2.45) is 0 Å². The second kappa shape index (κ2) is 4.01. The van der Waals surface area contributed by atoms with E-state index < -0.39 is 5.97 Å². The third-order valence-corrected chi connectivity index (χ3v) is 2.77. The van der Waals surface area contributed by atoms with Gasteiger partial charge in [0.2, 0.25) is 5.89 Å². The fraction of sp³-hybridized carbons (Fsp3) is 0. The van der Waals surface area contributed by atoms with Gasteiger partial charge in [0.15, 0.2) is 5.69 Å². The molecule has 0 atom stereocenters. The molecule has 1 aromatic carbocycles. The molecule has 0 bridgehead atoms. The van der Waals surface area contributed by atoms with Crippen LogP contribution in [0.15, 0.2) is 34.9 Å². The van der Waals surface area contributed by atoms with Crippen LogP contribution < -0.4 is 0 Å². The standard InChI is InChI=1S/C10H6INO3/c11-7-4-2-1-3-6(7)9-12-8(5-15-9)10(13)14/h1-5H,(H,13,14). The number of hydrogen-bond acceptors (Lipinski definition) is 3. The van der Waals surface area contributed by atoms with Crippen molar-refractivity contribution in [3.63, 3.8) is 0 Å². The van der Waals surface area contributed by atoms with Crippen molar-refractivity contribution in [3.05, 3.63) is 39.8 Å². The van der Waals surface area contributed by atoms with Crippen LogP contribution in [0.3, 0.4) is 0 Å². The Hall–Kier alpha value is -1.37. The Morgan fingerprint density at radius 3 is 2.73 bits per heavy atom. The molecule has 76 valence electrons. The Balaban J connectivity index is 2.46. The first-order valence-corrected chi connectivity index (χ1v) is 5.20. The molecule has 0 fully saturated rings. The van der Waals surface area contributed by atoms with E-state index >= 15 is 0 Å². The highest BCUT2D eigenvalue weighted by atomic mass is 127. The van der Waals surface area contributed by atoms with Gasteiger partial charge in [0, 0.05) is 3.57 Å². The minimum atomic E-state index is -1.09. The first-order valence-electron chi connectivity index (χ1n) is 4.12. The summed E-state index contributed by atoms with van der Waals surface area (Å²) in [6.07, 6.45) is 1.14. The predicted molar refractivity (Wildman–Crippen MR) is 61.6 cm³/mol.